The summed E-state index contributed by atoms with van der Waals surface area (Å²) in [6.45, 7) is 1.72. The number of carboxylic acids is 1. The van der Waals surface area contributed by atoms with Crippen LogP contribution in [0, 0.1) is 6.92 Å². The number of aromatic nitrogens is 2. The molecule has 1 aliphatic rings. The number of carbonyl (C=O) groups excluding carboxylic acids is 1. The van der Waals surface area contributed by atoms with Gasteiger partial charge in [-0.05, 0) is 19.8 Å². The standard InChI is InChI=1S/C11H16N4O3S/c1-7-12-10(19-15-7)13-9(18)14-11(8(16)17)5-3-2-4-6-11/h2-6H2,1H3,(H,16,17)(H2,12,13,14,15,18). The lowest BCUT2D eigenvalue weighted by molar-refractivity contribution is -0.145. The van der Waals surface area contributed by atoms with Crippen molar-refractivity contribution in [2.75, 3.05) is 5.32 Å². The van der Waals surface area contributed by atoms with Gasteiger partial charge < -0.3 is 10.4 Å². The largest absolute Gasteiger partial charge is 0.480 e. The average Bonchev–Trinajstić information content (AvgIpc) is 2.75. The maximum Gasteiger partial charge on any atom is 0.329 e. The Morgan fingerprint density at radius 1 is 1.32 bits per heavy atom. The van der Waals surface area contributed by atoms with Gasteiger partial charge in [-0.2, -0.15) is 4.37 Å². The Balaban J connectivity index is 2.01. The molecule has 104 valence electrons. The molecule has 2 amide bonds. The molecule has 0 atom stereocenters. The van der Waals surface area contributed by atoms with Crippen molar-refractivity contribution in [1.82, 2.24) is 14.7 Å². The molecule has 1 saturated carbocycles. The van der Waals surface area contributed by atoms with Gasteiger partial charge in [0.05, 0.1) is 0 Å². The summed E-state index contributed by atoms with van der Waals surface area (Å²) in [5.41, 5.74) is -1.15. The number of amides is 2. The van der Waals surface area contributed by atoms with Crippen molar-refractivity contribution in [3.63, 3.8) is 0 Å². The van der Waals surface area contributed by atoms with Gasteiger partial charge in [0.2, 0.25) is 5.13 Å². The molecule has 0 radical (unpaired) electrons. The topological polar surface area (TPSA) is 104 Å². The minimum absolute atomic E-state index is 0.367. The molecule has 0 unspecified atom stereocenters. The summed E-state index contributed by atoms with van der Waals surface area (Å²) in [7, 11) is 0. The first-order valence-electron chi connectivity index (χ1n) is 6.15. The number of carboxylic acid groups (broad SMARTS) is 1. The number of aryl methyl sites for hydroxylation is 1. The third-order valence-electron chi connectivity index (χ3n) is 3.22. The second-order valence-electron chi connectivity index (χ2n) is 4.67. The number of urea groups is 1. The molecule has 1 aromatic heterocycles. The maximum absolute atomic E-state index is 11.9. The Hall–Kier alpha value is -1.70. The molecular weight excluding hydrogens is 268 g/mol. The van der Waals surface area contributed by atoms with Crippen molar-refractivity contribution in [2.45, 2.75) is 44.6 Å². The molecule has 1 heterocycles. The first-order valence-corrected chi connectivity index (χ1v) is 6.92. The molecule has 0 spiro atoms. The molecule has 1 aromatic rings. The van der Waals surface area contributed by atoms with Gasteiger partial charge in [-0.25, -0.2) is 14.6 Å². The van der Waals surface area contributed by atoms with Crippen LogP contribution in [0.15, 0.2) is 0 Å². The number of nitrogens with zero attached hydrogens (tertiary/aromatic N) is 2. The predicted molar refractivity (Wildman–Crippen MR) is 70.3 cm³/mol. The van der Waals surface area contributed by atoms with Crippen LogP contribution in [-0.4, -0.2) is 32.0 Å². The molecule has 0 saturated heterocycles. The summed E-state index contributed by atoms with van der Waals surface area (Å²) in [5, 5.41) is 14.8. The number of carbonyl (C=O) groups is 2. The molecule has 0 bridgehead atoms. The second-order valence-corrected chi connectivity index (χ2v) is 5.43. The Bertz CT molecular complexity index is 482. The zero-order chi connectivity index (χ0) is 13.9. The van der Waals surface area contributed by atoms with Gasteiger partial charge >= 0.3 is 12.0 Å². The normalized spacial score (nSPS) is 17.7. The van der Waals surface area contributed by atoms with Gasteiger partial charge in [-0.1, -0.05) is 19.3 Å². The first-order chi connectivity index (χ1) is 9.02. The Morgan fingerprint density at radius 3 is 2.53 bits per heavy atom. The van der Waals surface area contributed by atoms with Gasteiger partial charge in [0, 0.05) is 11.5 Å². The van der Waals surface area contributed by atoms with Crippen LogP contribution in [0.2, 0.25) is 0 Å². The number of hydrogen-bond donors (Lipinski definition) is 3. The molecule has 0 aliphatic heterocycles. The SMILES string of the molecule is Cc1nsc(NC(=O)NC2(C(=O)O)CCCCC2)n1. The first kappa shape index (κ1) is 13.7. The number of hydrogen-bond acceptors (Lipinski definition) is 5. The molecule has 0 aromatic carbocycles. The molecule has 2 rings (SSSR count). The van der Waals surface area contributed by atoms with Crippen LogP contribution >= 0.6 is 11.5 Å². The van der Waals surface area contributed by atoms with Crippen molar-refractivity contribution in [1.29, 1.82) is 0 Å². The van der Waals surface area contributed by atoms with Gasteiger partial charge in [-0.15, -0.1) is 0 Å². The number of rotatable bonds is 3. The van der Waals surface area contributed by atoms with Crippen molar-refractivity contribution in [2.24, 2.45) is 0 Å². The second kappa shape index (κ2) is 5.52. The van der Waals surface area contributed by atoms with E-state index in [1.807, 2.05) is 0 Å². The fourth-order valence-corrected chi connectivity index (χ4v) is 2.81. The van der Waals surface area contributed by atoms with Gasteiger partial charge in [0.1, 0.15) is 11.4 Å². The van der Waals surface area contributed by atoms with E-state index in [1.54, 1.807) is 6.92 Å². The van der Waals surface area contributed by atoms with Crippen LogP contribution in [0.3, 0.4) is 0 Å². The van der Waals surface area contributed by atoms with Crippen molar-refractivity contribution >= 4 is 28.7 Å². The maximum atomic E-state index is 11.9. The fraction of sp³-hybridized carbons (Fsp3) is 0.636. The lowest BCUT2D eigenvalue weighted by Crippen LogP contribution is -2.56. The third-order valence-corrected chi connectivity index (χ3v) is 3.94. The van der Waals surface area contributed by atoms with Gasteiger partial charge in [0.15, 0.2) is 0 Å². The summed E-state index contributed by atoms with van der Waals surface area (Å²) < 4.78 is 3.94. The molecule has 8 heteroatoms. The molecule has 3 N–H and O–H groups in total. The van der Waals surface area contributed by atoms with E-state index in [0.717, 1.165) is 30.8 Å². The summed E-state index contributed by atoms with van der Waals surface area (Å²) in [6.07, 6.45) is 3.55. The number of aliphatic carboxylic acids is 1. The molecule has 1 aliphatic carbocycles. The van der Waals surface area contributed by atoms with Crippen LogP contribution in [0.25, 0.3) is 0 Å². The Kier molecular flexibility index (Phi) is 3.98. The quantitative estimate of drug-likeness (QED) is 0.784. The van der Waals surface area contributed by atoms with Crippen LogP contribution in [-0.2, 0) is 4.79 Å². The van der Waals surface area contributed by atoms with Crippen molar-refractivity contribution in [3.05, 3.63) is 5.82 Å². The summed E-state index contributed by atoms with van der Waals surface area (Å²) >= 11 is 1.07. The van der Waals surface area contributed by atoms with E-state index in [1.165, 1.54) is 0 Å². The van der Waals surface area contributed by atoms with Gasteiger partial charge in [-0.3, -0.25) is 5.32 Å². The summed E-state index contributed by atoms with van der Waals surface area (Å²) in [4.78, 5) is 27.3. The highest BCUT2D eigenvalue weighted by molar-refractivity contribution is 7.09. The van der Waals surface area contributed by atoms with E-state index in [4.69, 9.17) is 0 Å². The smallest absolute Gasteiger partial charge is 0.329 e. The van der Waals surface area contributed by atoms with Crippen molar-refractivity contribution < 1.29 is 14.7 Å². The highest BCUT2D eigenvalue weighted by Crippen LogP contribution is 2.28. The minimum Gasteiger partial charge on any atom is -0.480 e. The monoisotopic (exact) mass is 284 g/mol. The fourth-order valence-electron chi connectivity index (χ4n) is 2.24. The zero-order valence-electron chi connectivity index (χ0n) is 10.6. The van der Waals surface area contributed by atoms with E-state index < -0.39 is 17.5 Å². The van der Waals surface area contributed by atoms with Crippen LogP contribution < -0.4 is 10.6 Å². The van der Waals surface area contributed by atoms with E-state index in [0.29, 0.717) is 23.8 Å². The van der Waals surface area contributed by atoms with Crippen LogP contribution in [0.1, 0.15) is 37.9 Å². The van der Waals surface area contributed by atoms with E-state index >= 15 is 0 Å². The Labute approximate surface area is 114 Å². The predicted octanol–water partition coefficient (Wildman–Crippen LogP) is 1.76. The summed E-state index contributed by atoms with van der Waals surface area (Å²) in [5.74, 6) is -0.401. The van der Waals surface area contributed by atoms with Crippen molar-refractivity contribution in [3.8, 4) is 0 Å². The van der Waals surface area contributed by atoms with E-state index in [-0.39, 0.29) is 0 Å². The number of anilines is 1. The minimum atomic E-state index is -1.15. The molecule has 7 nitrogen and oxygen atoms in total. The highest BCUT2D eigenvalue weighted by atomic mass is 32.1. The number of nitrogens with one attached hydrogen (secondary N) is 2. The van der Waals surface area contributed by atoms with E-state index in [9.17, 15) is 14.7 Å². The van der Waals surface area contributed by atoms with Crippen LogP contribution in [0.4, 0.5) is 9.93 Å². The van der Waals surface area contributed by atoms with Gasteiger partial charge in [0.25, 0.3) is 0 Å². The lowest BCUT2D eigenvalue weighted by Gasteiger charge is -2.33. The summed E-state index contributed by atoms with van der Waals surface area (Å²) in [6, 6.07) is -0.541. The molecule has 1 fully saturated rings. The molecule has 19 heavy (non-hydrogen) atoms. The Morgan fingerprint density at radius 2 is 2.00 bits per heavy atom. The average molecular weight is 284 g/mol. The van der Waals surface area contributed by atoms with E-state index in [2.05, 4.69) is 20.0 Å². The third kappa shape index (κ3) is 3.19. The zero-order valence-corrected chi connectivity index (χ0v) is 11.4. The molecular formula is C11H16N4O3S. The van der Waals surface area contributed by atoms with Crippen LogP contribution in [0.5, 0.6) is 0 Å². The lowest BCUT2D eigenvalue weighted by atomic mass is 9.82. The highest BCUT2D eigenvalue weighted by Gasteiger charge is 2.41.